The van der Waals surface area contributed by atoms with Crippen LogP contribution in [0.2, 0.25) is 0 Å². The Kier molecular flexibility index (Phi) is 103. The summed E-state index contributed by atoms with van der Waals surface area (Å²) in [7, 11) is 178. The summed E-state index contributed by atoms with van der Waals surface area (Å²) in [5.41, 5.74) is 0. The van der Waals surface area contributed by atoms with E-state index < -0.39 is 260 Å². The summed E-state index contributed by atoms with van der Waals surface area (Å²) in [6.45, 7) is -14.3. The van der Waals surface area contributed by atoms with Gasteiger partial charge in [-0.2, -0.15) is 0 Å². The third-order valence-corrected chi connectivity index (χ3v) is 433. The summed E-state index contributed by atoms with van der Waals surface area (Å²) >= 11 is 0. The normalized spacial score (nSPS) is 14.7. The first-order valence-electron chi connectivity index (χ1n) is 23.6. The highest BCUT2D eigenvalue weighted by molar-refractivity contribution is 9.36. The van der Waals surface area contributed by atoms with Crippen LogP contribution in [0.5, 0.6) is 0 Å². The first-order chi connectivity index (χ1) is 44.2. The van der Waals surface area contributed by atoms with Gasteiger partial charge in [0.2, 0.25) is 0 Å². The van der Waals surface area contributed by atoms with Crippen LogP contribution in [0.25, 0.3) is 0 Å². The Labute approximate surface area is 757 Å². The van der Waals surface area contributed by atoms with Crippen molar-refractivity contribution in [3.8, 4) is 0 Å². The lowest BCUT2D eigenvalue weighted by Gasteiger charge is -2.60. The molecule has 52 unspecified atom stereocenters. The van der Waals surface area contributed by atoms with Crippen LogP contribution in [0.4, 0.5) is 0 Å². The molecule has 52 atom stereocenters. The van der Waals surface area contributed by atoms with Crippen molar-refractivity contribution in [3.63, 3.8) is 0 Å². The highest BCUT2D eigenvalue weighted by atomic mass is 33.3. The summed E-state index contributed by atoms with van der Waals surface area (Å²) in [5.74, 6) is 0. The molecular formula is H99B8P89. The molecule has 0 bridgehead atoms. The Morgan fingerprint density at radius 3 is 0.361 bits per heavy atom. The molecule has 0 spiro atoms. The summed E-state index contributed by atoms with van der Waals surface area (Å²) in [4.78, 5) is 0. The number of hydrogen-bond acceptors (Lipinski definition) is 0. The van der Waals surface area contributed by atoms with E-state index in [2.05, 4.69) is 437 Å². The molecule has 0 aliphatic rings. The van der Waals surface area contributed by atoms with Gasteiger partial charge in [0, 0.05) is 6.39 Å². The average Bonchev–Trinajstić information content (AvgIpc) is 3.37. The molecule has 0 aliphatic heterocycles. The van der Waals surface area contributed by atoms with Crippen molar-refractivity contribution in [2.24, 2.45) is 0 Å². The quantitative estimate of drug-likeness (QED) is 0.0421. The molecule has 0 nitrogen and oxygen atoms in total. The van der Waals surface area contributed by atoms with E-state index in [9.17, 15) is 0 Å². The summed E-state index contributed by atoms with van der Waals surface area (Å²) < 4.78 is 0. The minimum absolute atomic E-state index is 0.373. The molecule has 97 heavy (non-hydrogen) atoms. The Morgan fingerprint density at radius 1 is 0.134 bits per heavy atom. The fraction of sp³-hybridized carbons (Fsp3) is 0. The van der Waals surface area contributed by atoms with Crippen molar-refractivity contribution in [1.29, 1.82) is 0 Å². The minimum atomic E-state index is -0.645. The number of rotatable bonds is 47. The Bertz CT molecular complexity index is 1650. The second-order valence-corrected chi connectivity index (χ2v) is 343. The van der Waals surface area contributed by atoms with Crippen molar-refractivity contribution in [2.45, 2.75) is 0 Å². The van der Waals surface area contributed by atoms with Gasteiger partial charge >= 0.3 is 0 Å². The van der Waals surface area contributed by atoms with Crippen LogP contribution in [0.1, 0.15) is 0 Å². The van der Waals surface area contributed by atoms with E-state index in [0.717, 1.165) is 7.96 Å². The summed E-state index contributed by atoms with van der Waals surface area (Å²) in [6, 6.07) is 3.00. The maximum Gasteiger partial charge on any atom is 0.177 e. The fourth-order valence-corrected chi connectivity index (χ4v) is 736. The smallest absolute Gasteiger partial charge is 0.109 e. The van der Waals surface area contributed by atoms with Crippen LogP contribution in [-0.4, -0.2) is 49.4 Å². The van der Waals surface area contributed by atoms with Gasteiger partial charge < -0.3 is 0 Å². The summed E-state index contributed by atoms with van der Waals surface area (Å²) in [6.07, 6.45) is 1.54. The maximum atomic E-state index is 3.80. The molecule has 0 aliphatic carbocycles. The lowest BCUT2D eigenvalue weighted by atomic mass is 8.65. The van der Waals surface area contributed by atoms with E-state index in [1.807, 2.05) is 0 Å². The van der Waals surface area contributed by atoms with Gasteiger partial charge in [0.25, 0.3) is 0 Å². The van der Waals surface area contributed by atoms with Crippen LogP contribution in [0, 0.1) is 0 Å². The first kappa shape index (κ1) is 136. The van der Waals surface area contributed by atoms with E-state index in [1.165, 1.54) is 0 Å². The predicted molar refractivity (Wildman–Crippen MR) is 800 cm³/mol. The Hall–Kier alpha value is 38.8. The van der Waals surface area contributed by atoms with E-state index in [4.69, 9.17) is 0 Å². The zero-order valence-corrected chi connectivity index (χ0v) is 143. The highest BCUT2D eigenvalue weighted by Crippen LogP contribution is 3.29. The molecule has 0 N–H and O–H groups in total. The van der Waals surface area contributed by atoms with Crippen LogP contribution in [-0.2, 0) is 0 Å². The largest absolute Gasteiger partial charge is 0.177 e. The topological polar surface area (TPSA) is 0 Å². The maximum absolute atomic E-state index is 3.80. The second-order valence-electron chi connectivity index (χ2n) is 17.6. The third kappa shape index (κ3) is 47.0. The highest BCUT2D eigenvalue weighted by Gasteiger charge is 2.71. The molecule has 568 valence electrons. The van der Waals surface area contributed by atoms with Crippen LogP contribution >= 0.6 is 720 Å². The molecule has 0 radical (unpaired) electrons. The molecule has 0 aromatic heterocycles. The van der Waals surface area contributed by atoms with E-state index in [1.54, 1.807) is 0 Å². The third-order valence-electron chi connectivity index (χ3n) is 11.4. The van der Waals surface area contributed by atoms with Crippen molar-refractivity contribution in [3.05, 3.63) is 0 Å². The SMILES string of the molecule is PPP(P(P)P)P(B(B(B(B(B(P(P(P)P)P(P)P)P(P(P)P)P(P)P)B(P(P(P)P)P(P)P)P(P(P)P)P(P)P)B(P(P(P(P)P)P(P)P)P(P(P)P)P(P)P)P(P(P(P)P)P(P)P)P(P(P)P)P(P)P)B(P(P(P)P)P(P)P)P(P(P)P)P(P)P)P(P(P)P)P(P)P)P(P)P. The van der Waals surface area contributed by atoms with Crippen molar-refractivity contribution in [1.82, 2.24) is 0 Å². The van der Waals surface area contributed by atoms with Gasteiger partial charge in [-0.25, -0.2) is 0 Å². The van der Waals surface area contributed by atoms with Gasteiger partial charge in [-0.15, -0.1) is 437 Å². The van der Waals surface area contributed by atoms with Gasteiger partial charge in [-0.1, -0.05) is 79.7 Å². The van der Waals surface area contributed by atoms with Gasteiger partial charge in [0.1, 0.15) is 0 Å². The lowest BCUT2D eigenvalue weighted by Crippen LogP contribution is -2.73. The van der Waals surface area contributed by atoms with Crippen molar-refractivity contribution in [2.75, 3.05) is 0 Å². The zero-order valence-electron chi connectivity index (χ0n) is 50.9. The van der Waals surface area contributed by atoms with Gasteiger partial charge in [-0.3, -0.25) is 0 Å². The molecule has 0 aromatic carbocycles. The van der Waals surface area contributed by atoms with Gasteiger partial charge in [0.05, 0.1) is 12.8 Å². The average molecular weight is 2940 g/mol. The first-order valence-corrected chi connectivity index (χ1v) is 178. The molecule has 0 heterocycles. The molecule has 0 fully saturated rings. The van der Waals surface area contributed by atoms with Crippen LogP contribution in [0.15, 0.2) is 0 Å². The Morgan fingerprint density at radius 2 is 0.258 bits per heavy atom. The molecular weight excluding hydrogens is 2840 g/mol. The van der Waals surface area contributed by atoms with Crippen molar-refractivity contribution < 1.29 is 0 Å². The summed E-state index contributed by atoms with van der Waals surface area (Å²) in [5, 5.41) is 0. The van der Waals surface area contributed by atoms with Crippen molar-refractivity contribution >= 4 is 769 Å². The Balaban J connectivity index is 14.4. The van der Waals surface area contributed by atoms with Crippen LogP contribution in [0.3, 0.4) is 0 Å². The molecule has 0 aromatic rings. The van der Waals surface area contributed by atoms with E-state index >= 15 is 0 Å². The predicted octanol–water partition coefficient (Wildman–Crippen LogP) is 47.1. The van der Waals surface area contributed by atoms with Gasteiger partial charge in [-0.05, 0) is 203 Å². The molecule has 0 rings (SSSR count). The zero-order chi connectivity index (χ0) is 76.8. The molecule has 97 heteroatoms. The second kappa shape index (κ2) is 73.8. The molecule has 0 saturated heterocycles. The molecule has 0 amide bonds. The van der Waals surface area contributed by atoms with E-state index in [-0.39, 0.29) is 14.0 Å². The standard InChI is InChI=1S/B8H99P89/c9-58-93(84(40)41)66(83(38)39)8(65(81(34)35)82(36)37)3(7(63(77(26)27)78(28)29)64(79(30)31)80(32)33)1(2(5(59(69(10)11)70(12)13)60(71(14)15)72(16)17)6(61(73(18)19)74(20)21)62(75(22)23)76(24)25)4(67(94(85(42)43)86(44)45)95(87(46)47)88(48)49)68(96(89(50)51)90(52)53)97(91(54)55)92(56)57/h58H,9-57H2. The molecule has 0 saturated carbocycles. The van der Waals surface area contributed by atoms with Gasteiger partial charge in [0.15, 0.2) is 30.2 Å². The lowest BCUT2D eigenvalue weighted by molar-refractivity contribution is 3.40. The van der Waals surface area contributed by atoms with Crippen LogP contribution < -0.4 is 0 Å². The van der Waals surface area contributed by atoms with E-state index in [0.29, 0.717) is 49.4 Å². The number of hydrogen-bond donors (Lipinski definition) is 0. The minimum Gasteiger partial charge on any atom is -0.109 e. The fourth-order valence-electron chi connectivity index (χ4n) is 8.97. The monoisotopic (exact) mass is 2940 g/mol.